The summed E-state index contributed by atoms with van der Waals surface area (Å²) >= 11 is 0. The van der Waals surface area contributed by atoms with Crippen LogP contribution in [0, 0.1) is 5.92 Å². The largest absolute Gasteiger partial charge is 0.393 e. The first-order chi connectivity index (χ1) is 11.7. The van der Waals surface area contributed by atoms with Crippen molar-refractivity contribution in [3.05, 3.63) is 35.9 Å². The van der Waals surface area contributed by atoms with Crippen molar-refractivity contribution in [2.24, 2.45) is 5.92 Å². The molecule has 0 radical (unpaired) electrons. The van der Waals surface area contributed by atoms with Gasteiger partial charge in [0.2, 0.25) is 5.91 Å². The molecular formula is C19H27NO4. The fourth-order valence-electron chi connectivity index (χ4n) is 3.61. The molecule has 132 valence electrons. The Kier molecular flexibility index (Phi) is 5.87. The predicted molar refractivity (Wildman–Crippen MR) is 90.7 cm³/mol. The van der Waals surface area contributed by atoms with Gasteiger partial charge in [-0.3, -0.25) is 4.79 Å². The number of morpholine rings is 1. The highest BCUT2D eigenvalue weighted by Crippen LogP contribution is 2.25. The fourth-order valence-corrected chi connectivity index (χ4v) is 3.61. The SMILES string of the molecule is O=C(CC1CCOCC1)N1CCO[C@](CO)(Cc2ccccc2)C1. The van der Waals surface area contributed by atoms with Gasteiger partial charge in [-0.05, 0) is 24.3 Å². The van der Waals surface area contributed by atoms with Crippen molar-refractivity contribution in [1.82, 2.24) is 4.90 Å². The van der Waals surface area contributed by atoms with Crippen LogP contribution in [0.5, 0.6) is 0 Å². The van der Waals surface area contributed by atoms with E-state index >= 15 is 0 Å². The van der Waals surface area contributed by atoms with Gasteiger partial charge in [-0.1, -0.05) is 30.3 Å². The third-order valence-corrected chi connectivity index (χ3v) is 5.06. The van der Waals surface area contributed by atoms with E-state index in [9.17, 15) is 9.90 Å². The molecule has 0 saturated carbocycles. The highest BCUT2D eigenvalue weighted by molar-refractivity contribution is 5.76. The maximum Gasteiger partial charge on any atom is 0.223 e. The number of nitrogens with zero attached hydrogens (tertiary/aromatic N) is 1. The second kappa shape index (κ2) is 8.10. The van der Waals surface area contributed by atoms with Crippen molar-refractivity contribution in [2.45, 2.75) is 31.3 Å². The molecule has 1 atom stereocenters. The fraction of sp³-hybridized carbons (Fsp3) is 0.632. The summed E-state index contributed by atoms with van der Waals surface area (Å²) in [5, 5.41) is 9.94. The van der Waals surface area contributed by atoms with Crippen molar-refractivity contribution in [3.63, 3.8) is 0 Å². The number of benzene rings is 1. The van der Waals surface area contributed by atoms with Crippen molar-refractivity contribution in [3.8, 4) is 0 Å². The van der Waals surface area contributed by atoms with E-state index in [4.69, 9.17) is 9.47 Å². The van der Waals surface area contributed by atoms with Crippen LogP contribution in [-0.2, 0) is 20.7 Å². The number of hydrogen-bond donors (Lipinski definition) is 1. The Morgan fingerprint density at radius 3 is 2.67 bits per heavy atom. The van der Waals surface area contributed by atoms with Crippen LogP contribution in [0.2, 0.25) is 0 Å². The number of hydrogen-bond acceptors (Lipinski definition) is 4. The third kappa shape index (κ3) is 4.35. The summed E-state index contributed by atoms with van der Waals surface area (Å²) in [6.07, 6.45) is 3.12. The lowest BCUT2D eigenvalue weighted by atomic mass is 9.92. The van der Waals surface area contributed by atoms with Crippen molar-refractivity contribution in [1.29, 1.82) is 0 Å². The minimum Gasteiger partial charge on any atom is -0.393 e. The number of aliphatic hydroxyl groups is 1. The Bertz CT molecular complexity index is 529. The zero-order valence-corrected chi connectivity index (χ0v) is 14.2. The molecule has 1 aromatic carbocycles. The standard InChI is InChI=1S/C19H27NO4/c21-15-19(13-17-4-2-1-3-5-17)14-20(8-11-24-19)18(22)12-16-6-9-23-10-7-16/h1-5,16,21H,6-15H2/t19-/m1/s1. The second-order valence-electron chi connectivity index (χ2n) is 6.93. The highest BCUT2D eigenvalue weighted by Gasteiger charge is 2.38. The van der Waals surface area contributed by atoms with Crippen LogP contribution in [0.4, 0.5) is 0 Å². The molecule has 1 N–H and O–H groups in total. The van der Waals surface area contributed by atoms with Gasteiger partial charge >= 0.3 is 0 Å². The molecule has 2 heterocycles. The third-order valence-electron chi connectivity index (χ3n) is 5.06. The summed E-state index contributed by atoms with van der Waals surface area (Å²) in [5.41, 5.74) is 0.426. The monoisotopic (exact) mass is 333 g/mol. The molecule has 0 aromatic heterocycles. The molecule has 5 nitrogen and oxygen atoms in total. The summed E-state index contributed by atoms with van der Waals surface area (Å²) < 4.78 is 11.3. The molecular weight excluding hydrogens is 306 g/mol. The van der Waals surface area contributed by atoms with Crippen LogP contribution in [-0.4, -0.2) is 61.0 Å². The van der Waals surface area contributed by atoms with E-state index in [1.165, 1.54) is 0 Å². The molecule has 2 aliphatic heterocycles. The average molecular weight is 333 g/mol. The molecule has 5 heteroatoms. The van der Waals surface area contributed by atoms with Crippen molar-refractivity contribution >= 4 is 5.91 Å². The van der Waals surface area contributed by atoms with E-state index in [1.54, 1.807) is 0 Å². The van der Waals surface area contributed by atoms with Crippen LogP contribution in [0.3, 0.4) is 0 Å². The first kappa shape index (κ1) is 17.4. The maximum atomic E-state index is 12.7. The van der Waals surface area contributed by atoms with E-state index in [0.717, 1.165) is 31.6 Å². The van der Waals surface area contributed by atoms with E-state index in [0.29, 0.717) is 38.5 Å². The molecule has 2 saturated heterocycles. The van der Waals surface area contributed by atoms with E-state index in [1.807, 2.05) is 35.2 Å². The lowest BCUT2D eigenvalue weighted by Gasteiger charge is -2.42. The molecule has 3 rings (SSSR count). The number of ether oxygens (including phenoxy) is 2. The molecule has 1 amide bonds. The molecule has 2 fully saturated rings. The van der Waals surface area contributed by atoms with Gasteiger partial charge in [0.15, 0.2) is 0 Å². The van der Waals surface area contributed by atoms with Crippen LogP contribution in [0.1, 0.15) is 24.8 Å². The molecule has 2 aliphatic rings. The average Bonchev–Trinajstić information content (AvgIpc) is 2.63. The zero-order chi connectivity index (χ0) is 16.8. The summed E-state index contributed by atoms with van der Waals surface area (Å²) in [5.74, 6) is 0.600. The van der Waals surface area contributed by atoms with Gasteiger partial charge < -0.3 is 19.5 Å². The summed E-state index contributed by atoms with van der Waals surface area (Å²) in [4.78, 5) is 14.5. The lowest BCUT2D eigenvalue weighted by molar-refractivity contribution is -0.159. The van der Waals surface area contributed by atoms with Gasteiger partial charge in [-0.25, -0.2) is 0 Å². The van der Waals surface area contributed by atoms with Gasteiger partial charge in [-0.15, -0.1) is 0 Å². The summed E-state index contributed by atoms with van der Waals surface area (Å²) in [7, 11) is 0. The normalized spacial score (nSPS) is 25.6. The molecule has 24 heavy (non-hydrogen) atoms. The van der Waals surface area contributed by atoms with Crippen LogP contribution in [0.25, 0.3) is 0 Å². The van der Waals surface area contributed by atoms with Crippen LogP contribution < -0.4 is 0 Å². The van der Waals surface area contributed by atoms with E-state index in [2.05, 4.69) is 0 Å². The maximum absolute atomic E-state index is 12.7. The Morgan fingerprint density at radius 2 is 1.96 bits per heavy atom. The number of rotatable bonds is 5. The summed E-state index contributed by atoms with van der Waals surface area (Å²) in [6, 6.07) is 10.0. The van der Waals surface area contributed by atoms with Gasteiger partial charge in [-0.2, -0.15) is 0 Å². The molecule has 0 spiro atoms. The molecule has 1 aromatic rings. The quantitative estimate of drug-likeness (QED) is 0.890. The van der Waals surface area contributed by atoms with Gasteiger partial charge in [0.05, 0.1) is 19.8 Å². The zero-order valence-electron chi connectivity index (χ0n) is 14.2. The van der Waals surface area contributed by atoms with Crippen LogP contribution in [0.15, 0.2) is 30.3 Å². The van der Waals surface area contributed by atoms with Crippen molar-refractivity contribution < 1.29 is 19.4 Å². The Labute approximate surface area is 143 Å². The minimum absolute atomic E-state index is 0.0804. The number of carbonyl (C=O) groups excluding carboxylic acids is 1. The Hall–Kier alpha value is -1.43. The highest BCUT2D eigenvalue weighted by atomic mass is 16.5. The molecule has 0 unspecified atom stereocenters. The first-order valence-electron chi connectivity index (χ1n) is 8.85. The van der Waals surface area contributed by atoms with E-state index < -0.39 is 5.60 Å². The predicted octanol–water partition coefficient (Wildman–Crippen LogP) is 1.64. The Morgan fingerprint density at radius 1 is 1.21 bits per heavy atom. The summed E-state index contributed by atoms with van der Waals surface area (Å²) in [6.45, 7) is 2.99. The topological polar surface area (TPSA) is 59.0 Å². The lowest BCUT2D eigenvalue weighted by Crippen LogP contribution is -2.57. The van der Waals surface area contributed by atoms with Crippen LogP contribution >= 0.6 is 0 Å². The number of amides is 1. The molecule has 0 aliphatic carbocycles. The van der Waals surface area contributed by atoms with Crippen molar-refractivity contribution in [2.75, 3.05) is 39.5 Å². The smallest absolute Gasteiger partial charge is 0.223 e. The Balaban J connectivity index is 1.62. The number of aliphatic hydroxyl groups excluding tert-OH is 1. The second-order valence-corrected chi connectivity index (χ2v) is 6.93. The first-order valence-corrected chi connectivity index (χ1v) is 8.85. The number of carbonyl (C=O) groups is 1. The van der Waals surface area contributed by atoms with Gasteiger partial charge in [0, 0.05) is 32.6 Å². The van der Waals surface area contributed by atoms with E-state index in [-0.39, 0.29) is 12.5 Å². The minimum atomic E-state index is -0.690. The van der Waals surface area contributed by atoms with Gasteiger partial charge in [0.25, 0.3) is 0 Å². The molecule has 0 bridgehead atoms. The van der Waals surface area contributed by atoms with Gasteiger partial charge in [0.1, 0.15) is 5.60 Å².